The van der Waals surface area contributed by atoms with Crippen molar-refractivity contribution in [2.45, 2.75) is 43.4 Å². The highest BCUT2D eigenvalue weighted by Crippen LogP contribution is 2.46. The van der Waals surface area contributed by atoms with E-state index in [0.29, 0.717) is 50.6 Å². The van der Waals surface area contributed by atoms with Crippen LogP contribution in [0.4, 0.5) is 19.0 Å². The summed E-state index contributed by atoms with van der Waals surface area (Å²) in [7, 11) is 0. The Hall–Kier alpha value is -4.45. The average molecular weight is 595 g/mol. The predicted molar refractivity (Wildman–Crippen MR) is 146 cm³/mol. The summed E-state index contributed by atoms with van der Waals surface area (Å²) in [5.41, 5.74) is 3.43. The number of alkyl halides is 3. The van der Waals surface area contributed by atoms with Crippen LogP contribution in [0.3, 0.4) is 0 Å². The van der Waals surface area contributed by atoms with E-state index in [1.165, 1.54) is 6.20 Å². The van der Waals surface area contributed by atoms with E-state index in [9.17, 15) is 27.6 Å². The third kappa shape index (κ3) is 4.20. The molecule has 1 spiro atoms. The van der Waals surface area contributed by atoms with Crippen molar-refractivity contribution < 1.29 is 27.6 Å². The summed E-state index contributed by atoms with van der Waals surface area (Å²) in [5.74, 6) is -1.09. The minimum atomic E-state index is -4.65. The molecule has 0 saturated heterocycles. The number of fused-ring (bicyclic) bond motifs is 6. The number of H-pyrrole nitrogens is 1. The molecule has 3 amide bonds. The minimum Gasteiger partial charge on any atom is -0.340 e. The molecule has 214 valence electrons. The number of hydrogen-bond acceptors (Lipinski definition) is 5. The molecule has 0 saturated carbocycles. The highest BCUT2D eigenvalue weighted by Gasteiger charge is 2.51. The van der Waals surface area contributed by atoms with Crippen LogP contribution in [0.2, 0.25) is 5.02 Å². The van der Waals surface area contributed by atoms with Gasteiger partial charge in [-0.15, -0.1) is 0 Å². The van der Waals surface area contributed by atoms with Gasteiger partial charge in [0.15, 0.2) is 0 Å². The number of pyridine rings is 1. The maximum atomic E-state index is 13.5. The number of aromatic amines is 1. The number of hydrogen-bond donors (Lipinski definition) is 3. The smallest absolute Gasteiger partial charge is 0.340 e. The lowest BCUT2D eigenvalue weighted by Crippen LogP contribution is -2.50. The van der Waals surface area contributed by atoms with E-state index < -0.39 is 36.0 Å². The second kappa shape index (κ2) is 9.28. The van der Waals surface area contributed by atoms with Crippen molar-refractivity contribution in [3.63, 3.8) is 0 Å². The molecular formula is C29H22ClF3N6O3. The SMILES string of the molecule is O=C(NC1Cc2cc(Cl)c3[nH]ncc3c2CN(CC(F)(F)F)C1=O)c1ccc2c(c1)CC1(C2)C(=O)Nc2ncccc21. The maximum absolute atomic E-state index is 13.5. The van der Waals surface area contributed by atoms with Crippen LogP contribution in [-0.2, 0) is 40.8 Å². The molecule has 0 radical (unpaired) electrons. The monoisotopic (exact) mass is 594 g/mol. The van der Waals surface area contributed by atoms with Gasteiger partial charge in [-0.2, -0.15) is 18.3 Å². The summed E-state index contributed by atoms with van der Waals surface area (Å²) in [6.45, 7) is -1.79. The minimum absolute atomic E-state index is 0.0485. The molecule has 4 heterocycles. The van der Waals surface area contributed by atoms with E-state index in [0.717, 1.165) is 16.7 Å². The van der Waals surface area contributed by atoms with E-state index in [-0.39, 0.29) is 24.4 Å². The molecule has 2 aromatic heterocycles. The third-order valence-corrected chi connectivity index (χ3v) is 8.69. The van der Waals surface area contributed by atoms with Crippen LogP contribution < -0.4 is 10.6 Å². The van der Waals surface area contributed by atoms with Gasteiger partial charge < -0.3 is 15.5 Å². The number of nitrogens with one attached hydrogen (secondary N) is 3. The first-order valence-electron chi connectivity index (χ1n) is 13.2. The first-order chi connectivity index (χ1) is 20.0. The lowest BCUT2D eigenvalue weighted by molar-refractivity contribution is -0.163. The number of benzene rings is 2. The van der Waals surface area contributed by atoms with Gasteiger partial charge in [0.05, 0.1) is 22.2 Å². The van der Waals surface area contributed by atoms with Crippen molar-refractivity contribution in [3.05, 3.63) is 87.2 Å². The van der Waals surface area contributed by atoms with Crippen molar-refractivity contribution in [3.8, 4) is 0 Å². The Morgan fingerprint density at radius 2 is 1.95 bits per heavy atom. The largest absolute Gasteiger partial charge is 0.406 e. The number of aromatic nitrogens is 3. The molecule has 0 fully saturated rings. The lowest BCUT2D eigenvalue weighted by atomic mass is 9.79. The van der Waals surface area contributed by atoms with Crippen molar-refractivity contribution >= 4 is 46.0 Å². The van der Waals surface area contributed by atoms with Crippen LogP contribution in [0.1, 0.15) is 38.2 Å². The molecule has 0 bridgehead atoms. The summed E-state index contributed by atoms with van der Waals surface area (Å²) in [4.78, 5) is 44.9. The molecule has 2 aliphatic heterocycles. The average Bonchev–Trinajstić information content (AvgIpc) is 3.63. The Balaban J connectivity index is 1.18. The number of amides is 3. The van der Waals surface area contributed by atoms with Gasteiger partial charge in [-0.3, -0.25) is 19.5 Å². The van der Waals surface area contributed by atoms with Crippen LogP contribution in [0.25, 0.3) is 10.9 Å². The topological polar surface area (TPSA) is 120 Å². The number of nitrogens with zero attached hydrogens (tertiary/aromatic N) is 3. The lowest BCUT2D eigenvalue weighted by Gasteiger charge is -2.26. The van der Waals surface area contributed by atoms with Crippen LogP contribution in [0, 0.1) is 0 Å². The molecule has 13 heteroatoms. The van der Waals surface area contributed by atoms with Crippen LogP contribution in [-0.4, -0.2) is 56.6 Å². The third-order valence-electron chi connectivity index (χ3n) is 8.39. The van der Waals surface area contributed by atoms with Gasteiger partial charge >= 0.3 is 6.18 Å². The van der Waals surface area contributed by atoms with Crippen molar-refractivity contribution in [2.75, 3.05) is 11.9 Å². The number of anilines is 1. The van der Waals surface area contributed by atoms with Gasteiger partial charge in [0, 0.05) is 35.7 Å². The highest BCUT2D eigenvalue weighted by molar-refractivity contribution is 6.35. The fourth-order valence-electron chi connectivity index (χ4n) is 6.46. The van der Waals surface area contributed by atoms with Gasteiger partial charge in [-0.1, -0.05) is 23.7 Å². The number of carbonyl (C=O) groups excluding carboxylic acids is 3. The van der Waals surface area contributed by atoms with Gasteiger partial charge in [0.25, 0.3) is 5.91 Å². The number of halogens is 4. The van der Waals surface area contributed by atoms with Gasteiger partial charge in [-0.25, -0.2) is 4.98 Å². The van der Waals surface area contributed by atoms with Gasteiger partial charge in [0.2, 0.25) is 11.8 Å². The maximum Gasteiger partial charge on any atom is 0.406 e. The molecule has 42 heavy (non-hydrogen) atoms. The summed E-state index contributed by atoms with van der Waals surface area (Å²) >= 11 is 6.40. The van der Waals surface area contributed by atoms with Crippen LogP contribution in [0.15, 0.2) is 48.8 Å². The summed E-state index contributed by atoms with van der Waals surface area (Å²) in [5, 5.41) is 13.0. The molecule has 7 rings (SSSR count). The van der Waals surface area contributed by atoms with Crippen molar-refractivity contribution in [2.24, 2.45) is 0 Å². The van der Waals surface area contributed by atoms with E-state index in [2.05, 4.69) is 25.8 Å². The van der Waals surface area contributed by atoms with Crippen LogP contribution in [0.5, 0.6) is 0 Å². The molecule has 1 aliphatic carbocycles. The summed E-state index contributed by atoms with van der Waals surface area (Å²) < 4.78 is 40.5. The Morgan fingerprint density at radius 3 is 2.76 bits per heavy atom. The van der Waals surface area contributed by atoms with E-state index in [1.54, 1.807) is 36.5 Å². The fraction of sp³-hybridized carbons (Fsp3) is 0.276. The predicted octanol–water partition coefficient (Wildman–Crippen LogP) is 3.85. The molecule has 2 unspecified atom stereocenters. The highest BCUT2D eigenvalue weighted by atomic mass is 35.5. The standard InChI is InChI=1S/C29H22ClF3N6O3/c30-21-7-16-8-22(26(41)39(13-29(31,32)33)12-19(16)18-11-35-38-23(18)21)36-25(40)14-3-4-15-9-28(10-17(15)6-14)20-2-1-5-34-24(20)37-27(28)42/h1-7,11,22H,8-10,12-13H2,(H,35,38)(H,36,40)(H,34,37,42). The number of carbonyl (C=O) groups is 3. The fourth-order valence-corrected chi connectivity index (χ4v) is 6.74. The van der Waals surface area contributed by atoms with Crippen LogP contribution >= 0.6 is 11.6 Å². The normalized spacial score (nSPS) is 21.2. The Labute approximate surface area is 241 Å². The van der Waals surface area contributed by atoms with Crippen molar-refractivity contribution in [1.29, 1.82) is 0 Å². The Morgan fingerprint density at radius 1 is 1.14 bits per heavy atom. The summed E-state index contributed by atoms with van der Waals surface area (Å²) in [6, 6.07) is 9.02. The second-order valence-corrected chi connectivity index (χ2v) is 11.4. The molecule has 9 nitrogen and oxygen atoms in total. The molecule has 3 aliphatic rings. The van der Waals surface area contributed by atoms with Gasteiger partial charge in [-0.05, 0) is 59.4 Å². The zero-order valence-corrected chi connectivity index (χ0v) is 22.6. The zero-order valence-electron chi connectivity index (χ0n) is 21.8. The molecule has 2 atom stereocenters. The second-order valence-electron chi connectivity index (χ2n) is 11.0. The zero-order chi connectivity index (χ0) is 29.4. The Kier molecular flexibility index (Phi) is 5.84. The van der Waals surface area contributed by atoms with E-state index in [4.69, 9.17) is 11.6 Å². The molecule has 3 N–H and O–H groups in total. The van der Waals surface area contributed by atoms with E-state index in [1.807, 2.05) is 6.07 Å². The Bertz CT molecular complexity index is 1820. The molecule has 2 aromatic carbocycles. The molecular weight excluding hydrogens is 573 g/mol. The first-order valence-corrected chi connectivity index (χ1v) is 13.6. The number of rotatable bonds is 3. The summed E-state index contributed by atoms with van der Waals surface area (Å²) in [6.07, 6.45) is -0.812. The molecule has 4 aromatic rings. The quantitative estimate of drug-likeness (QED) is 0.333. The first kappa shape index (κ1) is 26.4. The van der Waals surface area contributed by atoms with E-state index >= 15 is 0 Å². The van der Waals surface area contributed by atoms with Gasteiger partial charge in [0.1, 0.15) is 18.4 Å². The van der Waals surface area contributed by atoms with Crippen molar-refractivity contribution in [1.82, 2.24) is 25.4 Å².